The van der Waals surface area contributed by atoms with Crippen LogP contribution in [0.15, 0.2) is 42.5 Å². The number of hydrogen-bond acceptors (Lipinski definition) is 2. The standard InChI is InChI=1S/C13H10ClN2O/c1-9-8-10(14)2-7-13(9)17-12-5-3-11(16-15)4-6-12/h2-8H,1H3/q+1. The summed E-state index contributed by atoms with van der Waals surface area (Å²) in [7, 11) is 0. The van der Waals surface area contributed by atoms with Crippen molar-refractivity contribution in [1.82, 2.24) is 0 Å². The minimum atomic E-state index is 0.491. The monoisotopic (exact) mass is 245 g/mol. The van der Waals surface area contributed by atoms with Gasteiger partial charge in [-0.25, -0.2) is 0 Å². The van der Waals surface area contributed by atoms with Gasteiger partial charge in [0, 0.05) is 17.2 Å². The number of benzene rings is 2. The molecule has 2 rings (SSSR count). The molecule has 0 heterocycles. The van der Waals surface area contributed by atoms with Crippen molar-refractivity contribution in [1.29, 1.82) is 5.39 Å². The van der Waals surface area contributed by atoms with E-state index >= 15 is 0 Å². The van der Waals surface area contributed by atoms with Gasteiger partial charge in [0.15, 0.2) is 4.98 Å². The average Bonchev–Trinajstić information content (AvgIpc) is 2.34. The Bertz CT molecular complexity index is 573. The normalized spacial score (nSPS) is 9.71. The zero-order chi connectivity index (χ0) is 12.3. The van der Waals surface area contributed by atoms with E-state index in [1.807, 2.05) is 19.1 Å². The van der Waals surface area contributed by atoms with Crippen LogP contribution in [0.1, 0.15) is 5.56 Å². The third kappa shape index (κ3) is 2.74. The van der Waals surface area contributed by atoms with E-state index in [1.165, 1.54) is 0 Å². The fourth-order valence-electron chi connectivity index (χ4n) is 1.44. The molecule has 2 aromatic carbocycles. The SMILES string of the molecule is Cc1cc(Cl)ccc1Oc1ccc([N+]#N)cc1. The molecule has 17 heavy (non-hydrogen) atoms. The predicted molar refractivity (Wildman–Crippen MR) is 67.4 cm³/mol. The van der Waals surface area contributed by atoms with Crippen molar-refractivity contribution in [3.05, 3.63) is 58.0 Å². The first-order valence-electron chi connectivity index (χ1n) is 5.08. The van der Waals surface area contributed by atoms with Gasteiger partial charge in [0.1, 0.15) is 11.5 Å². The van der Waals surface area contributed by atoms with E-state index in [0.717, 1.165) is 11.3 Å². The summed E-state index contributed by atoms with van der Waals surface area (Å²) in [5.41, 5.74) is 1.46. The van der Waals surface area contributed by atoms with Gasteiger partial charge in [0.05, 0.1) is 0 Å². The van der Waals surface area contributed by atoms with Gasteiger partial charge in [0.25, 0.3) is 0 Å². The molecule has 0 aromatic heterocycles. The van der Waals surface area contributed by atoms with Crippen molar-refractivity contribution in [3.8, 4) is 11.5 Å². The quantitative estimate of drug-likeness (QED) is 0.704. The van der Waals surface area contributed by atoms with Crippen LogP contribution in [0.3, 0.4) is 0 Å². The molecular formula is C13H10ClN2O+. The van der Waals surface area contributed by atoms with Crippen molar-refractivity contribution in [3.63, 3.8) is 0 Å². The summed E-state index contributed by atoms with van der Waals surface area (Å²) in [6.07, 6.45) is 0. The Labute approximate surface area is 104 Å². The van der Waals surface area contributed by atoms with Crippen LogP contribution in [0.5, 0.6) is 11.5 Å². The molecule has 0 aliphatic heterocycles. The van der Waals surface area contributed by atoms with Crippen molar-refractivity contribution in [2.45, 2.75) is 6.92 Å². The Balaban J connectivity index is 2.23. The van der Waals surface area contributed by atoms with Crippen LogP contribution >= 0.6 is 11.6 Å². The second kappa shape index (κ2) is 4.86. The van der Waals surface area contributed by atoms with E-state index < -0.39 is 0 Å². The number of nitrogens with zero attached hydrogens (tertiary/aromatic N) is 2. The second-order valence-electron chi connectivity index (χ2n) is 3.61. The van der Waals surface area contributed by atoms with Crippen LogP contribution in [-0.2, 0) is 0 Å². The maximum atomic E-state index is 8.56. The molecule has 2 aromatic rings. The van der Waals surface area contributed by atoms with Gasteiger partial charge in [0.2, 0.25) is 5.39 Å². The number of aryl methyl sites for hydroxylation is 1. The van der Waals surface area contributed by atoms with E-state index in [0.29, 0.717) is 16.5 Å². The van der Waals surface area contributed by atoms with Gasteiger partial charge in [-0.3, -0.25) is 0 Å². The Kier molecular flexibility index (Phi) is 3.27. The highest BCUT2D eigenvalue weighted by molar-refractivity contribution is 6.30. The molecule has 84 valence electrons. The smallest absolute Gasteiger partial charge is 0.385 e. The van der Waals surface area contributed by atoms with Crippen molar-refractivity contribution < 1.29 is 4.74 Å². The zero-order valence-corrected chi connectivity index (χ0v) is 9.98. The van der Waals surface area contributed by atoms with Crippen molar-refractivity contribution in [2.75, 3.05) is 0 Å². The maximum absolute atomic E-state index is 8.56. The van der Waals surface area contributed by atoms with Crippen molar-refractivity contribution in [2.24, 2.45) is 0 Å². The van der Waals surface area contributed by atoms with E-state index in [1.54, 1.807) is 30.3 Å². The van der Waals surface area contributed by atoms with Gasteiger partial charge in [-0.1, -0.05) is 11.6 Å². The molecule has 0 bridgehead atoms. The molecule has 3 nitrogen and oxygen atoms in total. The van der Waals surface area contributed by atoms with Gasteiger partial charge in [-0.2, -0.15) is 0 Å². The lowest BCUT2D eigenvalue weighted by Crippen LogP contribution is -1.86. The molecule has 0 aliphatic rings. The molecule has 0 saturated heterocycles. The van der Waals surface area contributed by atoms with Crippen LogP contribution < -0.4 is 4.74 Å². The van der Waals surface area contributed by atoms with Crippen LogP contribution in [0.4, 0.5) is 5.69 Å². The minimum absolute atomic E-state index is 0.491. The van der Waals surface area contributed by atoms with Gasteiger partial charge >= 0.3 is 5.69 Å². The van der Waals surface area contributed by atoms with Crippen molar-refractivity contribution >= 4 is 17.3 Å². The highest BCUT2D eigenvalue weighted by Gasteiger charge is 2.05. The Morgan fingerprint density at radius 3 is 2.41 bits per heavy atom. The maximum Gasteiger partial charge on any atom is 0.385 e. The van der Waals surface area contributed by atoms with Gasteiger partial charge in [-0.05, 0) is 42.8 Å². The number of ether oxygens (including phenoxy) is 1. The molecule has 0 spiro atoms. The minimum Gasteiger partial charge on any atom is -0.457 e. The number of halogens is 1. The molecule has 0 N–H and O–H groups in total. The first-order chi connectivity index (χ1) is 8.19. The summed E-state index contributed by atoms with van der Waals surface area (Å²) in [6, 6.07) is 12.3. The summed E-state index contributed by atoms with van der Waals surface area (Å²) >= 11 is 5.86. The molecule has 0 saturated carbocycles. The average molecular weight is 246 g/mol. The molecule has 0 amide bonds. The van der Waals surface area contributed by atoms with E-state index in [2.05, 4.69) is 4.98 Å². The molecule has 0 fully saturated rings. The first-order valence-corrected chi connectivity index (χ1v) is 5.46. The lowest BCUT2D eigenvalue weighted by atomic mass is 10.2. The summed E-state index contributed by atoms with van der Waals surface area (Å²) in [4.78, 5) is 3.07. The highest BCUT2D eigenvalue weighted by atomic mass is 35.5. The second-order valence-corrected chi connectivity index (χ2v) is 4.04. The highest BCUT2D eigenvalue weighted by Crippen LogP contribution is 2.28. The summed E-state index contributed by atoms with van der Waals surface area (Å²) in [5, 5.41) is 9.25. The Hall–Kier alpha value is -2.05. The molecular weight excluding hydrogens is 236 g/mol. The van der Waals surface area contributed by atoms with E-state index in [4.69, 9.17) is 21.7 Å². The number of hydrogen-bond donors (Lipinski definition) is 0. The molecule has 0 atom stereocenters. The van der Waals surface area contributed by atoms with E-state index in [-0.39, 0.29) is 0 Å². The Morgan fingerprint density at radius 1 is 1.12 bits per heavy atom. The zero-order valence-electron chi connectivity index (χ0n) is 9.22. The van der Waals surface area contributed by atoms with Crippen LogP contribution in [-0.4, -0.2) is 0 Å². The Morgan fingerprint density at radius 2 is 1.82 bits per heavy atom. The lowest BCUT2D eigenvalue weighted by Gasteiger charge is -2.08. The molecule has 0 aliphatic carbocycles. The predicted octanol–water partition coefficient (Wildman–Crippen LogP) is 4.93. The van der Waals surface area contributed by atoms with Gasteiger partial charge < -0.3 is 4.74 Å². The molecule has 0 unspecified atom stereocenters. The fraction of sp³-hybridized carbons (Fsp3) is 0.0769. The number of rotatable bonds is 2. The molecule has 4 heteroatoms. The van der Waals surface area contributed by atoms with Crippen LogP contribution in [0.25, 0.3) is 4.98 Å². The number of diazo groups is 1. The summed E-state index contributed by atoms with van der Waals surface area (Å²) in [6.45, 7) is 1.93. The third-order valence-corrected chi connectivity index (χ3v) is 2.55. The van der Waals surface area contributed by atoms with Gasteiger partial charge in [-0.15, -0.1) is 0 Å². The summed E-state index contributed by atoms with van der Waals surface area (Å²) < 4.78 is 5.68. The summed E-state index contributed by atoms with van der Waals surface area (Å²) in [5.74, 6) is 1.44. The largest absolute Gasteiger partial charge is 0.457 e. The topological polar surface area (TPSA) is 37.4 Å². The lowest BCUT2D eigenvalue weighted by molar-refractivity contribution is 0.479. The van der Waals surface area contributed by atoms with Crippen LogP contribution in [0, 0.1) is 12.3 Å². The molecule has 0 radical (unpaired) electrons. The third-order valence-electron chi connectivity index (χ3n) is 2.32. The van der Waals surface area contributed by atoms with Crippen LogP contribution in [0.2, 0.25) is 5.02 Å². The fourth-order valence-corrected chi connectivity index (χ4v) is 1.66. The first kappa shape index (κ1) is 11.4. The van der Waals surface area contributed by atoms with E-state index in [9.17, 15) is 0 Å².